The zero-order valence-electron chi connectivity index (χ0n) is 20.4. The molecule has 3 atom stereocenters. The molecule has 2 aromatic rings. The molecule has 2 N–H and O–H groups in total. The summed E-state index contributed by atoms with van der Waals surface area (Å²) in [7, 11) is 0. The smallest absolute Gasteiger partial charge is 0.407 e. The first kappa shape index (κ1) is 24.8. The van der Waals surface area contributed by atoms with Gasteiger partial charge in [-0.05, 0) is 47.4 Å². The highest BCUT2D eigenvalue weighted by molar-refractivity contribution is 5.87. The minimum absolute atomic E-state index is 0.0621. The number of rotatable bonds is 8. The highest BCUT2D eigenvalue weighted by Gasteiger charge is 2.36. The quantitative estimate of drug-likeness (QED) is 0.568. The number of alkyl carbamates (subject to hydrolysis) is 1. The summed E-state index contributed by atoms with van der Waals surface area (Å²) in [4.78, 5) is 39.4. The molecule has 2 aliphatic rings. The molecular weight excluding hydrogens is 444 g/mol. The number of nitrogens with one attached hydrogen (secondary N) is 1. The van der Waals surface area contributed by atoms with E-state index in [4.69, 9.17) is 4.74 Å². The first-order valence-corrected chi connectivity index (χ1v) is 12.5. The van der Waals surface area contributed by atoms with E-state index in [-0.39, 0.29) is 36.8 Å². The number of nitrogens with zero attached hydrogens (tertiary/aromatic N) is 1. The Hall–Kier alpha value is -3.35. The van der Waals surface area contributed by atoms with E-state index < -0.39 is 18.1 Å². The lowest BCUT2D eigenvalue weighted by molar-refractivity contribution is -0.143. The first-order valence-electron chi connectivity index (χ1n) is 12.5. The second-order valence-electron chi connectivity index (χ2n) is 9.61. The molecule has 0 saturated carbocycles. The number of carboxylic acids is 1. The molecule has 186 valence electrons. The van der Waals surface area contributed by atoms with Crippen molar-refractivity contribution in [3.8, 4) is 11.1 Å². The Morgan fingerprint density at radius 2 is 1.69 bits per heavy atom. The molecule has 0 aromatic heterocycles. The van der Waals surface area contributed by atoms with Crippen molar-refractivity contribution in [1.82, 2.24) is 10.2 Å². The van der Waals surface area contributed by atoms with Crippen LogP contribution >= 0.6 is 0 Å². The predicted octanol–water partition coefficient (Wildman–Crippen LogP) is 4.80. The van der Waals surface area contributed by atoms with Crippen LogP contribution in [0.1, 0.15) is 63.0 Å². The molecular formula is C28H34N2O5. The molecule has 2 aromatic carbocycles. The third-order valence-electron chi connectivity index (χ3n) is 7.42. The Morgan fingerprint density at radius 1 is 1.06 bits per heavy atom. The van der Waals surface area contributed by atoms with Crippen molar-refractivity contribution < 1.29 is 24.2 Å². The molecule has 1 fully saturated rings. The van der Waals surface area contributed by atoms with Crippen LogP contribution in [0.2, 0.25) is 0 Å². The maximum Gasteiger partial charge on any atom is 0.407 e. The van der Waals surface area contributed by atoms with Crippen molar-refractivity contribution in [2.45, 2.75) is 64.0 Å². The molecule has 7 nitrogen and oxygen atoms in total. The Morgan fingerprint density at radius 3 is 2.29 bits per heavy atom. The number of benzene rings is 2. The van der Waals surface area contributed by atoms with Crippen LogP contribution in [0.4, 0.5) is 4.79 Å². The average Bonchev–Trinajstić information content (AvgIpc) is 3.19. The Balaban J connectivity index is 1.45. The van der Waals surface area contributed by atoms with Gasteiger partial charge in [0.1, 0.15) is 12.6 Å². The zero-order valence-corrected chi connectivity index (χ0v) is 20.4. The predicted molar refractivity (Wildman–Crippen MR) is 133 cm³/mol. The van der Waals surface area contributed by atoms with Gasteiger partial charge < -0.3 is 20.1 Å². The average molecular weight is 479 g/mol. The van der Waals surface area contributed by atoms with E-state index in [9.17, 15) is 19.5 Å². The molecule has 0 radical (unpaired) electrons. The van der Waals surface area contributed by atoms with Crippen LogP contribution in [0.25, 0.3) is 11.1 Å². The van der Waals surface area contributed by atoms with Crippen LogP contribution < -0.4 is 5.32 Å². The van der Waals surface area contributed by atoms with Crippen LogP contribution in [0.15, 0.2) is 48.5 Å². The lowest BCUT2D eigenvalue weighted by atomic mass is 9.94. The van der Waals surface area contributed by atoms with Crippen LogP contribution in [0.5, 0.6) is 0 Å². The molecule has 1 unspecified atom stereocenters. The van der Waals surface area contributed by atoms with Crippen LogP contribution in [0, 0.1) is 5.92 Å². The van der Waals surface area contributed by atoms with Crippen LogP contribution in [0.3, 0.4) is 0 Å². The number of hydrogen-bond donors (Lipinski definition) is 2. The number of carbonyl (C=O) groups is 3. The molecule has 1 aliphatic carbocycles. The lowest BCUT2D eigenvalue weighted by Gasteiger charge is -2.38. The van der Waals surface area contributed by atoms with Gasteiger partial charge in [0.25, 0.3) is 0 Å². The maximum absolute atomic E-state index is 13.5. The minimum atomic E-state index is -0.917. The molecule has 1 heterocycles. The first-order chi connectivity index (χ1) is 16.9. The number of amides is 2. The van der Waals surface area contributed by atoms with E-state index in [1.165, 1.54) is 0 Å². The fraction of sp³-hybridized carbons (Fsp3) is 0.464. The van der Waals surface area contributed by atoms with Gasteiger partial charge in [-0.2, -0.15) is 0 Å². The molecule has 0 bridgehead atoms. The third-order valence-corrected chi connectivity index (χ3v) is 7.42. The van der Waals surface area contributed by atoms with Crippen molar-refractivity contribution >= 4 is 18.0 Å². The molecule has 1 aliphatic heterocycles. The molecule has 7 heteroatoms. The number of aliphatic carboxylic acids is 1. The molecule has 35 heavy (non-hydrogen) atoms. The monoisotopic (exact) mass is 478 g/mol. The largest absolute Gasteiger partial charge is 0.481 e. The number of ether oxygens (including phenoxy) is 1. The summed E-state index contributed by atoms with van der Waals surface area (Å²) in [5.41, 5.74) is 4.56. The Bertz CT molecular complexity index is 1040. The van der Waals surface area contributed by atoms with Gasteiger partial charge in [0, 0.05) is 18.5 Å². The number of piperidine rings is 1. The SMILES string of the molecule is CCC(C)[C@H](NC(=O)OCC1c2ccccc2-c2ccccc21)C(=O)N1CCCC[C@H]1CC(=O)O. The Kier molecular flexibility index (Phi) is 7.73. The fourth-order valence-corrected chi connectivity index (χ4v) is 5.33. The van der Waals surface area contributed by atoms with E-state index >= 15 is 0 Å². The van der Waals surface area contributed by atoms with Gasteiger partial charge in [0.2, 0.25) is 5.91 Å². The van der Waals surface area contributed by atoms with Gasteiger partial charge in [-0.25, -0.2) is 4.79 Å². The summed E-state index contributed by atoms with van der Waals surface area (Å²) in [5.74, 6) is -1.32. The second kappa shape index (κ2) is 10.9. The number of carbonyl (C=O) groups excluding carboxylic acids is 2. The van der Waals surface area contributed by atoms with Crippen LogP contribution in [-0.2, 0) is 14.3 Å². The standard InChI is InChI=1S/C28H34N2O5/c1-3-18(2)26(27(33)30-15-9-8-10-19(30)16-25(31)32)29-28(34)35-17-24-22-13-6-4-11-20(22)21-12-5-7-14-23(21)24/h4-7,11-14,18-19,24,26H,3,8-10,15-17H2,1-2H3,(H,29,34)(H,31,32)/t18?,19-,26-/m0/s1. The van der Waals surface area contributed by atoms with Gasteiger partial charge in [-0.15, -0.1) is 0 Å². The lowest BCUT2D eigenvalue weighted by Crippen LogP contribution is -2.56. The summed E-state index contributed by atoms with van der Waals surface area (Å²) >= 11 is 0. The van der Waals surface area contributed by atoms with E-state index in [1.807, 2.05) is 38.1 Å². The van der Waals surface area contributed by atoms with Gasteiger partial charge in [0.05, 0.1) is 6.42 Å². The van der Waals surface area contributed by atoms with Crippen molar-refractivity contribution in [2.75, 3.05) is 13.2 Å². The highest BCUT2D eigenvalue weighted by Crippen LogP contribution is 2.44. The normalized spacial score (nSPS) is 18.8. The van der Waals surface area contributed by atoms with Gasteiger partial charge in [0.15, 0.2) is 0 Å². The summed E-state index contributed by atoms with van der Waals surface area (Å²) in [6.45, 7) is 4.57. The number of carboxylic acid groups (broad SMARTS) is 1. The molecule has 1 saturated heterocycles. The zero-order chi connectivity index (χ0) is 24.9. The topological polar surface area (TPSA) is 95.9 Å². The summed E-state index contributed by atoms with van der Waals surface area (Å²) in [6, 6.07) is 15.2. The van der Waals surface area contributed by atoms with Gasteiger partial charge >= 0.3 is 12.1 Å². The summed E-state index contributed by atoms with van der Waals surface area (Å²) in [5, 5.41) is 12.1. The highest BCUT2D eigenvalue weighted by atomic mass is 16.5. The van der Waals surface area contributed by atoms with E-state index in [0.717, 1.165) is 35.1 Å². The fourth-order valence-electron chi connectivity index (χ4n) is 5.33. The van der Waals surface area contributed by atoms with Crippen molar-refractivity contribution in [3.63, 3.8) is 0 Å². The molecule has 4 rings (SSSR count). The van der Waals surface area contributed by atoms with E-state index in [1.54, 1.807) is 4.90 Å². The minimum Gasteiger partial charge on any atom is -0.481 e. The van der Waals surface area contributed by atoms with E-state index in [0.29, 0.717) is 19.4 Å². The maximum atomic E-state index is 13.5. The second-order valence-corrected chi connectivity index (χ2v) is 9.61. The third kappa shape index (κ3) is 5.34. The Labute approximate surface area is 206 Å². The van der Waals surface area contributed by atoms with Crippen molar-refractivity contribution in [3.05, 3.63) is 59.7 Å². The summed E-state index contributed by atoms with van der Waals surface area (Å²) in [6.07, 6.45) is 2.38. The van der Waals surface area contributed by atoms with Crippen molar-refractivity contribution in [1.29, 1.82) is 0 Å². The number of likely N-dealkylation sites (tertiary alicyclic amines) is 1. The molecule has 2 amide bonds. The van der Waals surface area contributed by atoms with Crippen LogP contribution in [-0.4, -0.2) is 53.2 Å². The van der Waals surface area contributed by atoms with Gasteiger partial charge in [-0.1, -0.05) is 68.8 Å². The number of hydrogen-bond acceptors (Lipinski definition) is 4. The summed E-state index contributed by atoms with van der Waals surface area (Å²) < 4.78 is 5.68. The van der Waals surface area contributed by atoms with E-state index in [2.05, 4.69) is 29.6 Å². The molecule has 0 spiro atoms. The van der Waals surface area contributed by atoms with Crippen molar-refractivity contribution in [2.24, 2.45) is 5.92 Å². The van der Waals surface area contributed by atoms with Gasteiger partial charge in [-0.3, -0.25) is 9.59 Å². The number of fused-ring (bicyclic) bond motifs is 3.